The van der Waals surface area contributed by atoms with Crippen LogP contribution in [-0.2, 0) is 4.79 Å². The summed E-state index contributed by atoms with van der Waals surface area (Å²) in [5.41, 5.74) is 3.23. The molecule has 0 saturated carbocycles. The summed E-state index contributed by atoms with van der Waals surface area (Å²) in [5.74, 6) is 0.131. The Kier molecular flexibility index (Phi) is 6.45. The van der Waals surface area contributed by atoms with E-state index in [1.54, 1.807) is 29.3 Å². The van der Waals surface area contributed by atoms with Gasteiger partial charge in [-0.3, -0.25) is 14.3 Å². The third kappa shape index (κ3) is 4.45. The van der Waals surface area contributed by atoms with E-state index in [-0.39, 0.29) is 29.3 Å². The number of halogens is 2. The van der Waals surface area contributed by atoms with Gasteiger partial charge in [-0.1, -0.05) is 17.9 Å². The van der Waals surface area contributed by atoms with Gasteiger partial charge in [-0.15, -0.1) is 5.10 Å². The highest BCUT2D eigenvalue weighted by Crippen LogP contribution is 2.37. The zero-order valence-electron chi connectivity index (χ0n) is 20.8. The number of ether oxygens (including phenoxy) is 1. The number of hydrogen-bond acceptors (Lipinski definition) is 6. The molecule has 37 heavy (non-hydrogen) atoms. The fourth-order valence-electron chi connectivity index (χ4n) is 4.93. The van der Waals surface area contributed by atoms with Gasteiger partial charge in [0, 0.05) is 24.3 Å². The predicted molar refractivity (Wildman–Crippen MR) is 133 cm³/mol. The van der Waals surface area contributed by atoms with Gasteiger partial charge in [-0.05, 0) is 57.5 Å². The standard InChI is InChI=1S/C26H27F2N7O2/c1-5-23(36)33-13-19(10-15(33)2)35-16(3)24(31-32-35)18-11-21-25(34(14-30-21)26(27)28)22(12-18)37-17(4)20-8-6-7-9-29-20/h5-9,11-12,14-15,17,19,26H,1,10,13H2,2-4H3/t15-,17-,19-/m1/s1. The van der Waals surface area contributed by atoms with Gasteiger partial charge in [0.15, 0.2) is 0 Å². The van der Waals surface area contributed by atoms with Crippen molar-refractivity contribution in [2.75, 3.05) is 6.54 Å². The number of fused-ring (bicyclic) bond motifs is 1. The number of aromatic nitrogens is 6. The first-order valence-electron chi connectivity index (χ1n) is 12.0. The van der Waals surface area contributed by atoms with Crippen LogP contribution in [-0.4, -0.2) is 52.9 Å². The zero-order chi connectivity index (χ0) is 26.3. The molecule has 5 rings (SSSR count). The quantitative estimate of drug-likeness (QED) is 0.331. The van der Waals surface area contributed by atoms with Crippen molar-refractivity contribution in [2.45, 2.75) is 51.9 Å². The minimum atomic E-state index is -2.78. The third-order valence-corrected chi connectivity index (χ3v) is 6.81. The first-order chi connectivity index (χ1) is 17.8. The van der Waals surface area contributed by atoms with Crippen LogP contribution in [0.1, 0.15) is 50.4 Å². The molecule has 3 aromatic heterocycles. The van der Waals surface area contributed by atoms with Crippen molar-refractivity contribution < 1.29 is 18.3 Å². The molecule has 0 radical (unpaired) electrons. The number of imidazole rings is 1. The van der Waals surface area contributed by atoms with Crippen LogP contribution in [0.15, 0.2) is 55.5 Å². The van der Waals surface area contributed by atoms with E-state index in [1.807, 2.05) is 37.6 Å². The number of rotatable bonds is 7. The molecule has 1 saturated heterocycles. The second-order valence-corrected chi connectivity index (χ2v) is 9.19. The van der Waals surface area contributed by atoms with Gasteiger partial charge in [0.1, 0.15) is 29.4 Å². The predicted octanol–water partition coefficient (Wildman–Crippen LogP) is 4.88. The number of nitrogens with zero attached hydrogens (tertiary/aromatic N) is 7. The Hall–Kier alpha value is -4.15. The maximum absolute atomic E-state index is 13.8. The van der Waals surface area contributed by atoms with Crippen LogP contribution >= 0.6 is 0 Å². The number of hydrogen-bond donors (Lipinski definition) is 0. The summed E-state index contributed by atoms with van der Waals surface area (Å²) < 4.78 is 36.3. The lowest BCUT2D eigenvalue weighted by Gasteiger charge is -2.19. The first kappa shape index (κ1) is 24.5. The van der Waals surface area contributed by atoms with Crippen LogP contribution in [0.2, 0.25) is 0 Å². The normalized spacial score (nSPS) is 18.5. The monoisotopic (exact) mass is 507 g/mol. The highest BCUT2D eigenvalue weighted by atomic mass is 19.3. The molecule has 192 valence electrons. The molecule has 0 aliphatic carbocycles. The van der Waals surface area contributed by atoms with Gasteiger partial charge in [0.05, 0.1) is 22.9 Å². The summed E-state index contributed by atoms with van der Waals surface area (Å²) in [6.45, 7) is 7.01. The van der Waals surface area contributed by atoms with Crippen molar-refractivity contribution in [1.82, 2.24) is 34.4 Å². The van der Waals surface area contributed by atoms with Crippen LogP contribution in [0.25, 0.3) is 22.3 Å². The molecule has 0 unspecified atom stereocenters. The van der Waals surface area contributed by atoms with Gasteiger partial charge in [0.25, 0.3) is 0 Å². The molecule has 0 spiro atoms. The third-order valence-electron chi connectivity index (χ3n) is 6.81. The Bertz CT molecular complexity index is 1450. The highest BCUT2D eigenvalue weighted by Gasteiger charge is 2.34. The van der Waals surface area contributed by atoms with Gasteiger partial charge >= 0.3 is 6.55 Å². The summed E-state index contributed by atoms with van der Waals surface area (Å²) in [6, 6.07) is 8.85. The van der Waals surface area contributed by atoms with E-state index < -0.39 is 12.7 Å². The summed E-state index contributed by atoms with van der Waals surface area (Å²) in [7, 11) is 0. The first-order valence-corrected chi connectivity index (χ1v) is 12.0. The van der Waals surface area contributed by atoms with Gasteiger partial charge < -0.3 is 9.64 Å². The number of pyridine rings is 1. The van der Waals surface area contributed by atoms with Crippen LogP contribution < -0.4 is 4.74 Å². The number of carbonyl (C=O) groups is 1. The molecular formula is C26H27F2N7O2. The van der Waals surface area contributed by atoms with E-state index in [0.29, 0.717) is 29.0 Å². The van der Waals surface area contributed by atoms with E-state index in [4.69, 9.17) is 4.74 Å². The Morgan fingerprint density at radius 1 is 1.27 bits per heavy atom. The number of amides is 1. The SMILES string of the molecule is C=CC(=O)N1C[C@H](n2nnc(-c3cc(O[C@H](C)c4ccccn4)c4c(c3)ncn4C(F)F)c2C)C[C@H]1C. The second kappa shape index (κ2) is 9.72. The summed E-state index contributed by atoms with van der Waals surface area (Å²) in [6.07, 6.45) is 4.31. The van der Waals surface area contributed by atoms with E-state index in [2.05, 4.69) is 26.9 Å². The van der Waals surface area contributed by atoms with Crippen LogP contribution in [0.4, 0.5) is 8.78 Å². The maximum atomic E-state index is 13.8. The van der Waals surface area contributed by atoms with E-state index >= 15 is 0 Å². The topological polar surface area (TPSA) is 91.0 Å². The molecule has 4 heterocycles. The van der Waals surface area contributed by atoms with Gasteiger partial charge in [-0.25, -0.2) is 9.67 Å². The molecule has 9 nitrogen and oxygen atoms in total. The minimum absolute atomic E-state index is 0.0400. The summed E-state index contributed by atoms with van der Waals surface area (Å²) in [5, 5.41) is 8.80. The molecular weight excluding hydrogens is 480 g/mol. The minimum Gasteiger partial charge on any atom is -0.482 e. The van der Waals surface area contributed by atoms with Crippen LogP contribution in [0, 0.1) is 6.92 Å². The van der Waals surface area contributed by atoms with Crippen LogP contribution in [0.3, 0.4) is 0 Å². The highest BCUT2D eigenvalue weighted by molar-refractivity contribution is 5.88. The zero-order valence-corrected chi connectivity index (χ0v) is 20.8. The van der Waals surface area contributed by atoms with Crippen molar-refractivity contribution in [3.8, 4) is 17.0 Å². The summed E-state index contributed by atoms with van der Waals surface area (Å²) in [4.78, 5) is 22.5. The number of benzene rings is 1. The Labute approximate surface area is 212 Å². The Morgan fingerprint density at radius 3 is 2.78 bits per heavy atom. The van der Waals surface area contributed by atoms with Crippen molar-refractivity contribution in [1.29, 1.82) is 0 Å². The average Bonchev–Trinajstić information content (AvgIpc) is 3.60. The molecule has 1 amide bonds. The van der Waals surface area contributed by atoms with Crippen molar-refractivity contribution in [3.63, 3.8) is 0 Å². The van der Waals surface area contributed by atoms with Crippen molar-refractivity contribution >= 4 is 16.9 Å². The van der Waals surface area contributed by atoms with Gasteiger partial charge in [0.2, 0.25) is 5.91 Å². The number of carbonyl (C=O) groups excluding carboxylic acids is 1. The molecule has 3 atom stereocenters. The summed E-state index contributed by atoms with van der Waals surface area (Å²) >= 11 is 0. The smallest absolute Gasteiger partial charge is 0.320 e. The molecule has 1 aromatic carbocycles. The lowest BCUT2D eigenvalue weighted by Crippen LogP contribution is -2.32. The number of alkyl halides is 2. The molecule has 1 aliphatic rings. The fourth-order valence-corrected chi connectivity index (χ4v) is 4.93. The second-order valence-electron chi connectivity index (χ2n) is 9.19. The largest absolute Gasteiger partial charge is 0.482 e. The lowest BCUT2D eigenvalue weighted by molar-refractivity contribution is -0.126. The van der Waals surface area contributed by atoms with Crippen LogP contribution in [0.5, 0.6) is 5.75 Å². The molecule has 0 bridgehead atoms. The average molecular weight is 508 g/mol. The van der Waals surface area contributed by atoms with Crippen molar-refractivity contribution in [3.05, 3.63) is 66.9 Å². The molecule has 4 aromatic rings. The van der Waals surface area contributed by atoms with Crippen molar-refractivity contribution in [2.24, 2.45) is 0 Å². The molecule has 1 aliphatic heterocycles. The molecule has 11 heteroatoms. The number of likely N-dealkylation sites (tertiary alicyclic amines) is 1. The van der Waals surface area contributed by atoms with E-state index in [9.17, 15) is 13.6 Å². The Balaban J connectivity index is 1.53. The van der Waals surface area contributed by atoms with E-state index in [1.165, 1.54) is 6.08 Å². The maximum Gasteiger partial charge on any atom is 0.320 e. The lowest BCUT2D eigenvalue weighted by atomic mass is 10.1. The van der Waals surface area contributed by atoms with E-state index in [0.717, 1.165) is 23.0 Å². The molecule has 0 N–H and O–H groups in total. The van der Waals surface area contributed by atoms with Gasteiger partial charge in [-0.2, -0.15) is 8.78 Å². The molecule has 1 fully saturated rings. The Morgan fingerprint density at radius 2 is 2.08 bits per heavy atom. The fraction of sp³-hybridized carbons (Fsp3) is 0.346.